The van der Waals surface area contributed by atoms with Gasteiger partial charge in [0.1, 0.15) is 5.82 Å². The predicted octanol–water partition coefficient (Wildman–Crippen LogP) is 5.27. The molecule has 1 nitrogen and oxygen atoms in total. The van der Waals surface area contributed by atoms with Gasteiger partial charge in [-0.25, -0.2) is 4.39 Å². The largest absolute Gasteiger partial charge is 0.294 e. The van der Waals surface area contributed by atoms with Crippen LogP contribution in [0.4, 0.5) is 4.39 Å². The molecule has 98 valence electrons. The number of rotatable bonds is 3. The van der Waals surface area contributed by atoms with Crippen molar-refractivity contribution in [2.75, 3.05) is 0 Å². The molecule has 0 atom stereocenters. The predicted molar refractivity (Wildman–Crippen MR) is 86.3 cm³/mol. The lowest BCUT2D eigenvalue weighted by Crippen LogP contribution is -2.06. The summed E-state index contributed by atoms with van der Waals surface area (Å²) in [6.07, 6.45) is 0.202. The summed E-state index contributed by atoms with van der Waals surface area (Å²) in [4.78, 5) is 12.2. The summed E-state index contributed by atoms with van der Waals surface area (Å²) in [5, 5.41) is 0.542. The third-order valence-corrected chi connectivity index (χ3v) is 4.34. The number of ketones is 1. The van der Waals surface area contributed by atoms with Crippen LogP contribution in [0.5, 0.6) is 0 Å². The number of Topliss-reactive ketones (excluding diaryl/α,β-unsaturated/α-hetero) is 1. The molecule has 2 rings (SSSR count). The van der Waals surface area contributed by atoms with Crippen molar-refractivity contribution in [2.45, 2.75) is 6.42 Å². The van der Waals surface area contributed by atoms with E-state index >= 15 is 0 Å². The van der Waals surface area contributed by atoms with Gasteiger partial charge in [0, 0.05) is 25.0 Å². The molecule has 19 heavy (non-hydrogen) atoms. The average Bonchev–Trinajstić information content (AvgIpc) is 2.32. The van der Waals surface area contributed by atoms with Gasteiger partial charge in [0.25, 0.3) is 0 Å². The molecule has 0 N–H and O–H groups in total. The second-order valence-corrected chi connectivity index (χ2v) is 6.44. The molecule has 2 aromatic carbocycles. The van der Waals surface area contributed by atoms with Crippen LogP contribution in [0.2, 0.25) is 5.02 Å². The lowest BCUT2D eigenvalue weighted by molar-refractivity contribution is 0.0992. The first-order valence-corrected chi connectivity index (χ1v) is 7.64. The molecule has 0 unspecified atom stereocenters. The Labute approximate surface area is 137 Å². The van der Waals surface area contributed by atoms with Crippen LogP contribution in [0.3, 0.4) is 0 Å². The Morgan fingerprint density at radius 3 is 2.63 bits per heavy atom. The monoisotopic (exact) mass is 452 g/mol. The van der Waals surface area contributed by atoms with E-state index in [0.29, 0.717) is 14.2 Å². The highest BCUT2D eigenvalue weighted by Crippen LogP contribution is 2.23. The Hall–Kier alpha value is -0.460. The van der Waals surface area contributed by atoms with E-state index in [-0.39, 0.29) is 18.0 Å². The number of halogens is 4. The van der Waals surface area contributed by atoms with Crippen LogP contribution in [0, 0.1) is 9.39 Å². The number of hydrogen-bond acceptors (Lipinski definition) is 1. The van der Waals surface area contributed by atoms with Crippen molar-refractivity contribution in [1.29, 1.82) is 0 Å². The molecule has 5 heteroatoms. The zero-order valence-corrected chi connectivity index (χ0v) is 14.1. The minimum absolute atomic E-state index is 0.0753. The standard InChI is InChI=1S/C14H8BrClFIO/c15-9-2-1-8(12(16)6-9)5-14(19)11-4-3-10(17)7-13(11)18/h1-4,6-7H,5H2. The fourth-order valence-corrected chi connectivity index (χ4v) is 3.17. The molecule has 0 amide bonds. The summed E-state index contributed by atoms with van der Waals surface area (Å²) in [6, 6.07) is 9.53. The maximum Gasteiger partial charge on any atom is 0.168 e. The van der Waals surface area contributed by atoms with E-state index in [1.165, 1.54) is 18.2 Å². The van der Waals surface area contributed by atoms with E-state index in [4.69, 9.17) is 11.6 Å². The van der Waals surface area contributed by atoms with E-state index in [2.05, 4.69) is 15.9 Å². The maximum absolute atomic E-state index is 13.0. The molecule has 0 aliphatic heterocycles. The lowest BCUT2D eigenvalue weighted by Gasteiger charge is -2.06. The molecule has 0 aromatic heterocycles. The van der Waals surface area contributed by atoms with Crippen molar-refractivity contribution in [2.24, 2.45) is 0 Å². The average molecular weight is 453 g/mol. The van der Waals surface area contributed by atoms with E-state index in [9.17, 15) is 9.18 Å². The van der Waals surface area contributed by atoms with E-state index < -0.39 is 0 Å². The van der Waals surface area contributed by atoms with Gasteiger partial charge in [0.05, 0.1) is 0 Å². The van der Waals surface area contributed by atoms with Crippen molar-refractivity contribution >= 4 is 55.9 Å². The molecule has 0 aliphatic carbocycles. The van der Waals surface area contributed by atoms with Gasteiger partial charge in [0.2, 0.25) is 0 Å². The second kappa shape index (κ2) is 6.33. The van der Waals surface area contributed by atoms with Crippen LogP contribution in [0.15, 0.2) is 40.9 Å². The summed E-state index contributed by atoms with van der Waals surface area (Å²) in [5.74, 6) is -0.420. The number of carbonyl (C=O) groups is 1. The Morgan fingerprint density at radius 1 is 1.26 bits per heavy atom. The molecule has 0 saturated carbocycles. The number of hydrogen-bond donors (Lipinski definition) is 0. The first-order valence-electron chi connectivity index (χ1n) is 5.39. The lowest BCUT2D eigenvalue weighted by atomic mass is 10.0. The van der Waals surface area contributed by atoms with Crippen LogP contribution in [-0.4, -0.2) is 5.78 Å². The zero-order valence-electron chi connectivity index (χ0n) is 9.59. The first-order chi connectivity index (χ1) is 8.97. The van der Waals surface area contributed by atoms with Crippen LogP contribution < -0.4 is 0 Å². The van der Waals surface area contributed by atoms with Crippen LogP contribution >= 0.6 is 50.1 Å². The molecule has 0 spiro atoms. The number of carbonyl (C=O) groups excluding carboxylic acids is 1. The maximum atomic E-state index is 13.0. The smallest absolute Gasteiger partial charge is 0.168 e. The zero-order chi connectivity index (χ0) is 14.0. The van der Waals surface area contributed by atoms with Crippen LogP contribution in [0.25, 0.3) is 0 Å². The summed E-state index contributed by atoms with van der Waals surface area (Å²) >= 11 is 11.4. The fourth-order valence-electron chi connectivity index (χ4n) is 1.65. The van der Waals surface area contributed by atoms with Crippen molar-refractivity contribution in [1.82, 2.24) is 0 Å². The molecule has 0 bridgehead atoms. The molecular formula is C14H8BrClFIO. The summed E-state index contributed by atoms with van der Waals surface area (Å²) < 4.78 is 14.5. The highest BCUT2D eigenvalue weighted by atomic mass is 127. The van der Waals surface area contributed by atoms with Crippen molar-refractivity contribution in [3.63, 3.8) is 0 Å². The number of benzene rings is 2. The molecule has 0 radical (unpaired) electrons. The van der Waals surface area contributed by atoms with Crippen molar-refractivity contribution < 1.29 is 9.18 Å². The summed E-state index contributed by atoms with van der Waals surface area (Å²) in [6.45, 7) is 0. The molecule has 0 heterocycles. The first kappa shape index (κ1) is 14.9. The van der Waals surface area contributed by atoms with Gasteiger partial charge < -0.3 is 0 Å². The van der Waals surface area contributed by atoms with E-state index in [1.54, 1.807) is 12.1 Å². The fraction of sp³-hybridized carbons (Fsp3) is 0.0714. The van der Waals surface area contributed by atoms with Gasteiger partial charge in [-0.05, 0) is 58.5 Å². The Morgan fingerprint density at radius 2 is 2.00 bits per heavy atom. The van der Waals surface area contributed by atoms with E-state index in [1.807, 2.05) is 28.7 Å². The van der Waals surface area contributed by atoms with Gasteiger partial charge in [-0.3, -0.25) is 4.79 Å². The third kappa shape index (κ3) is 3.77. The van der Waals surface area contributed by atoms with Crippen LogP contribution in [-0.2, 0) is 6.42 Å². The summed E-state index contributed by atoms with van der Waals surface area (Å²) in [5.41, 5.74) is 1.27. The molecule has 0 saturated heterocycles. The molecule has 0 fully saturated rings. The van der Waals surface area contributed by atoms with Gasteiger partial charge in [-0.1, -0.05) is 33.6 Å². The Balaban J connectivity index is 2.25. The Kier molecular flexibility index (Phi) is 4.97. The minimum Gasteiger partial charge on any atom is -0.294 e. The van der Waals surface area contributed by atoms with Gasteiger partial charge in [-0.15, -0.1) is 0 Å². The van der Waals surface area contributed by atoms with Gasteiger partial charge in [0.15, 0.2) is 5.78 Å². The van der Waals surface area contributed by atoms with Crippen molar-refractivity contribution in [3.05, 3.63) is 66.4 Å². The minimum atomic E-state index is -0.345. The SMILES string of the molecule is O=C(Cc1ccc(Br)cc1Cl)c1ccc(F)cc1I. The third-order valence-electron chi connectivity index (χ3n) is 2.60. The quantitative estimate of drug-likeness (QED) is 0.457. The highest BCUT2D eigenvalue weighted by Gasteiger charge is 2.13. The molecule has 0 aliphatic rings. The molecular weight excluding hydrogens is 445 g/mol. The van der Waals surface area contributed by atoms with Crippen LogP contribution in [0.1, 0.15) is 15.9 Å². The van der Waals surface area contributed by atoms with Crippen molar-refractivity contribution in [3.8, 4) is 0 Å². The topological polar surface area (TPSA) is 17.1 Å². The highest BCUT2D eigenvalue weighted by molar-refractivity contribution is 14.1. The molecule has 2 aromatic rings. The van der Waals surface area contributed by atoms with Gasteiger partial charge in [-0.2, -0.15) is 0 Å². The second-order valence-electron chi connectivity index (χ2n) is 3.96. The Bertz CT molecular complexity index is 645. The van der Waals surface area contributed by atoms with Gasteiger partial charge >= 0.3 is 0 Å². The van der Waals surface area contributed by atoms with E-state index in [0.717, 1.165) is 10.0 Å². The normalized spacial score (nSPS) is 10.5. The summed E-state index contributed by atoms with van der Waals surface area (Å²) in [7, 11) is 0.